The lowest BCUT2D eigenvalue weighted by molar-refractivity contribution is -0.119. The zero-order valence-electron chi connectivity index (χ0n) is 11.0. The number of nitrogens with one attached hydrogen (secondary N) is 2. The lowest BCUT2D eigenvalue weighted by Gasteiger charge is -2.01. The van der Waals surface area contributed by atoms with E-state index >= 15 is 0 Å². The maximum atomic E-state index is 11.8. The van der Waals surface area contributed by atoms with Crippen molar-refractivity contribution in [3.05, 3.63) is 42.5 Å². The van der Waals surface area contributed by atoms with Crippen LogP contribution in [-0.4, -0.2) is 32.3 Å². The molecule has 8 nitrogen and oxygen atoms in total. The van der Waals surface area contributed by atoms with Gasteiger partial charge in [0.25, 0.3) is 5.91 Å². The molecule has 3 heterocycles. The summed E-state index contributed by atoms with van der Waals surface area (Å²) >= 11 is 0. The Morgan fingerprint density at radius 3 is 3.05 bits per heavy atom. The number of aromatic nitrogens is 3. The number of hydrogen-bond donors (Lipinski definition) is 2. The Kier molecular flexibility index (Phi) is 3.42. The third-order valence-corrected chi connectivity index (χ3v) is 2.86. The van der Waals surface area contributed by atoms with Crippen molar-refractivity contribution >= 4 is 23.2 Å². The number of rotatable bonds is 4. The fraction of sp³-hybridized carbons (Fsp3) is 0.154. The molecule has 0 radical (unpaired) electrons. The molecule has 106 valence electrons. The summed E-state index contributed by atoms with van der Waals surface area (Å²) in [6.07, 6.45) is 6.70. The second kappa shape index (κ2) is 5.53. The summed E-state index contributed by atoms with van der Waals surface area (Å²) in [4.78, 5) is 26.9. The van der Waals surface area contributed by atoms with Gasteiger partial charge in [-0.25, -0.2) is 5.43 Å². The first kappa shape index (κ1) is 13.0. The molecule has 1 aliphatic rings. The van der Waals surface area contributed by atoms with Crippen LogP contribution in [0.2, 0.25) is 0 Å². The van der Waals surface area contributed by atoms with Gasteiger partial charge in [0, 0.05) is 18.6 Å². The van der Waals surface area contributed by atoms with Crippen LogP contribution in [0.5, 0.6) is 0 Å². The summed E-state index contributed by atoms with van der Waals surface area (Å²) in [5.74, 6) is -0.693. The van der Waals surface area contributed by atoms with Crippen LogP contribution < -0.4 is 10.7 Å². The molecule has 0 saturated carbocycles. The number of pyridine rings is 1. The van der Waals surface area contributed by atoms with Crippen LogP contribution in [0.15, 0.2) is 42.0 Å². The predicted molar refractivity (Wildman–Crippen MR) is 74.4 cm³/mol. The number of hydrogen-bond acceptors (Lipinski definition) is 5. The molecule has 1 aliphatic heterocycles. The monoisotopic (exact) mass is 284 g/mol. The van der Waals surface area contributed by atoms with Crippen molar-refractivity contribution in [2.24, 2.45) is 5.10 Å². The van der Waals surface area contributed by atoms with Crippen LogP contribution in [-0.2, 0) is 16.1 Å². The molecule has 3 rings (SSSR count). The highest BCUT2D eigenvalue weighted by Crippen LogP contribution is 2.08. The Balaban J connectivity index is 1.63. The normalized spacial score (nSPS) is 13.7. The van der Waals surface area contributed by atoms with Crippen LogP contribution in [0.3, 0.4) is 0 Å². The maximum Gasteiger partial charge on any atom is 0.272 e. The highest BCUT2D eigenvalue weighted by Gasteiger charge is 2.21. The third-order valence-electron chi connectivity index (χ3n) is 2.86. The average molecular weight is 284 g/mol. The fourth-order valence-electron chi connectivity index (χ4n) is 1.89. The Morgan fingerprint density at radius 1 is 1.43 bits per heavy atom. The van der Waals surface area contributed by atoms with E-state index in [-0.39, 0.29) is 18.0 Å². The van der Waals surface area contributed by atoms with E-state index in [0.29, 0.717) is 12.2 Å². The molecule has 0 aromatic carbocycles. The standard InChI is InChI=1S/C13H12N6O2/c20-12-4-11(17-18-12)13(21)16-10-6-15-19(8-10)7-9-2-1-3-14-5-9/h1-3,5-6,8H,4,7H2,(H,16,21)(H,18,20). The van der Waals surface area contributed by atoms with E-state index in [1.165, 1.54) is 0 Å². The number of hydrazone groups is 1. The predicted octanol–water partition coefficient (Wildman–Crippen LogP) is 0.141. The van der Waals surface area contributed by atoms with Gasteiger partial charge in [0.2, 0.25) is 5.91 Å². The van der Waals surface area contributed by atoms with Crippen molar-refractivity contribution in [2.45, 2.75) is 13.0 Å². The SMILES string of the molecule is O=C1CC(C(=O)Nc2cnn(Cc3cccnc3)c2)=NN1. The highest BCUT2D eigenvalue weighted by molar-refractivity contribution is 6.46. The molecule has 2 N–H and O–H groups in total. The molecule has 2 amide bonds. The third kappa shape index (κ3) is 3.11. The van der Waals surface area contributed by atoms with Crippen molar-refractivity contribution in [3.63, 3.8) is 0 Å². The minimum Gasteiger partial charge on any atom is -0.318 e. The van der Waals surface area contributed by atoms with Crippen molar-refractivity contribution < 1.29 is 9.59 Å². The van der Waals surface area contributed by atoms with E-state index < -0.39 is 5.91 Å². The summed E-state index contributed by atoms with van der Waals surface area (Å²) in [6.45, 7) is 0.560. The molecule has 21 heavy (non-hydrogen) atoms. The molecule has 0 atom stereocenters. The molecule has 0 fully saturated rings. The van der Waals surface area contributed by atoms with Crippen molar-refractivity contribution in [1.29, 1.82) is 0 Å². The lowest BCUT2D eigenvalue weighted by Crippen LogP contribution is -2.21. The van der Waals surface area contributed by atoms with E-state index in [9.17, 15) is 9.59 Å². The number of carbonyl (C=O) groups is 2. The second-order valence-electron chi connectivity index (χ2n) is 4.51. The Labute approximate surface area is 119 Å². The molecule has 8 heteroatoms. The largest absolute Gasteiger partial charge is 0.318 e. The van der Waals surface area contributed by atoms with Gasteiger partial charge in [-0.3, -0.25) is 19.3 Å². The molecule has 0 aliphatic carbocycles. The van der Waals surface area contributed by atoms with Gasteiger partial charge in [-0.15, -0.1) is 0 Å². The molecule has 0 bridgehead atoms. The molecule has 0 unspecified atom stereocenters. The van der Waals surface area contributed by atoms with E-state index in [2.05, 4.69) is 25.9 Å². The van der Waals surface area contributed by atoms with Crippen molar-refractivity contribution in [2.75, 3.05) is 5.32 Å². The topological polar surface area (TPSA) is 101 Å². The van der Waals surface area contributed by atoms with E-state index in [1.54, 1.807) is 29.5 Å². The molecular formula is C13H12N6O2. The van der Waals surface area contributed by atoms with Gasteiger partial charge < -0.3 is 5.32 Å². The summed E-state index contributed by atoms with van der Waals surface area (Å²) in [5, 5.41) is 10.5. The number of carbonyl (C=O) groups excluding carboxylic acids is 2. The Morgan fingerprint density at radius 2 is 2.33 bits per heavy atom. The summed E-state index contributed by atoms with van der Waals surface area (Å²) in [5.41, 5.74) is 3.96. The zero-order valence-corrected chi connectivity index (χ0v) is 11.0. The highest BCUT2D eigenvalue weighted by atomic mass is 16.2. The first-order chi connectivity index (χ1) is 10.2. The van der Waals surface area contributed by atoms with Crippen LogP contribution in [0.25, 0.3) is 0 Å². The van der Waals surface area contributed by atoms with E-state index in [4.69, 9.17) is 0 Å². The smallest absolute Gasteiger partial charge is 0.272 e. The molecule has 0 spiro atoms. The number of anilines is 1. The molecule has 2 aromatic heterocycles. The van der Waals surface area contributed by atoms with Gasteiger partial charge in [-0.2, -0.15) is 10.2 Å². The summed E-state index contributed by atoms with van der Waals surface area (Å²) in [6, 6.07) is 3.79. The van der Waals surface area contributed by atoms with Gasteiger partial charge >= 0.3 is 0 Å². The van der Waals surface area contributed by atoms with Gasteiger partial charge in [0.05, 0.1) is 24.8 Å². The van der Waals surface area contributed by atoms with E-state index in [1.807, 2.05) is 12.1 Å². The quantitative estimate of drug-likeness (QED) is 0.833. The first-order valence-corrected chi connectivity index (χ1v) is 6.29. The van der Waals surface area contributed by atoms with Gasteiger partial charge in [0.1, 0.15) is 5.71 Å². The number of nitrogens with zero attached hydrogens (tertiary/aromatic N) is 4. The van der Waals surface area contributed by atoms with Crippen LogP contribution in [0.4, 0.5) is 5.69 Å². The van der Waals surface area contributed by atoms with Gasteiger partial charge in [0.15, 0.2) is 0 Å². The minimum atomic E-state index is -0.408. The van der Waals surface area contributed by atoms with Gasteiger partial charge in [-0.1, -0.05) is 6.07 Å². The number of amides is 2. The lowest BCUT2D eigenvalue weighted by atomic mass is 10.2. The second-order valence-corrected chi connectivity index (χ2v) is 4.51. The molecule has 2 aromatic rings. The average Bonchev–Trinajstić information content (AvgIpc) is 3.09. The van der Waals surface area contributed by atoms with E-state index in [0.717, 1.165) is 5.56 Å². The summed E-state index contributed by atoms with van der Waals surface area (Å²) in [7, 11) is 0. The molecule has 0 saturated heterocycles. The minimum absolute atomic E-state index is 0.00431. The summed E-state index contributed by atoms with van der Waals surface area (Å²) < 4.78 is 1.69. The Hall–Kier alpha value is -3.03. The van der Waals surface area contributed by atoms with Crippen LogP contribution in [0.1, 0.15) is 12.0 Å². The first-order valence-electron chi connectivity index (χ1n) is 6.29. The van der Waals surface area contributed by atoms with Crippen LogP contribution >= 0.6 is 0 Å². The van der Waals surface area contributed by atoms with Crippen molar-refractivity contribution in [1.82, 2.24) is 20.2 Å². The molecular weight excluding hydrogens is 272 g/mol. The van der Waals surface area contributed by atoms with Gasteiger partial charge in [-0.05, 0) is 11.6 Å². The fourth-order valence-corrected chi connectivity index (χ4v) is 1.89. The maximum absolute atomic E-state index is 11.8. The zero-order chi connectivity index (χ0) is 14.7. The van der Waals surface area contributed by atoms with Crippen molar-refractivity contribution in [3.8, 4) is 0 Å². The van der Waals surface area contributed by atoms with Crippen LogP contribution in [0, 0.1) is 0 Å². The Bertz CT molecular complexity index is 706.